The van der Waals surface area contributed by atoms with E-state index < -0.39 is 0 Å². The van der Waals surface area contributed by atoms with E-state index in [4.69, 9.17) is 4.99 Å². The number of aliphatic imine (C=N–C) groups is 1. The van der Waals surface area contributed by atoms with Crippen molar-refractivity contribution in [2.45, 2.75) is 19.8 Å². The first-order valence-electron chi connectivity index (χ1n) is 8.03. The van der Waals surface area contributed by atoms with Crippen LogP contribution in [-0.4, -0.2) is 6.21 Å². The van der Waals surface area contributed by atoms with E-state index in [2.05, 4.69) is 80.6 Å². The van der Waals surface area contributed by atoms with Gasteiger partial charge in [-0.25, -0.2) is 0 Å². The Bertz CT molecular complexity index is 801. The van der Waals surface area contributed by atoms with Gasteiger partial charge in [-0.2, -0.15) is 0 Å². The molecule has 0 unspecified atom stereocenters. The summed E-state index contributed by atoms with van der Waals surface area (Å²) in [4.78, 5) is 4.76. The summed E-state index contributed by atoms with van der Waals surface area (Å²) in [6, 6.07) is 27.2. The highest BCUT2D eigenvalue weighted by Crippen LogP contribution is 2.27. The van der Waals surface area contributed by atoms with Crippen LogP contribution in [0.3, 0.4) is 0 Å². The standard InChI is InChI=1S/C22H21N/c1-17(2)20-13-8-9-15-22(20)23-16-19-12-6-7-14-21(19)18-10-4-3-5-11-18/h3-17H,1-2H3. The molecule has 0 spiro atoms. The van der Waals surface area contributed by atoms with Crippen molar-refractivity contribution in [3.63, 3.8) is 0 Å². The van der Waals surface area contributed by atoms with Crippen molar-refractivity contribution in [3.05, 3.63) is 90.0 Å². The van der Waals surface area contributed by atoms with Crippen molar-refractivity contribution in [2.24, 2.45) is 4.99 Å². The molecular weight excluding hydrogens is 278 g/mol. The van der Waals surface area contributed by atoms with Gasteiger partial charge >= 0.3 is 0 Å². The van der Waals surface area contributed by atoms with Crippen LogP contribution in [0.5, 0.6) is 0 Å². The summed E-state index contributed by atoms with van der Waals surface area (Å²) in [5.74, 6) is 0.465. The Morgan fingerprint density at radius 3 is 2.17 bits per heavy atom. The molecular formula is C22H21N. The molecule has 0 aliphatic rings. The third-order valence-corrected chi connectivity index (χ3v) is 3.95. The van der Waals surface area contributed by atoms with Gasteiger partial charge in [0.1, 0.15) is 0 Å². The van der Waals surface area contributed by atoms with Crippen LogP contribution >= 0.6 is 0 Å². The zero-order valence-corrected chi connectivity index (χ0v) is 13.6. The molecule has 114 valence electrons. The third-order valence-electron chi connectivity index (χ3n) is 3.95. The van der Waals surface area contributed by atoms with E-state index in [0.717, 1.165) is 11.3 Å². The van der Waals surface area contributed by atoms with Crippen LogP contribution in [0.15, 0.2) is 83.9 Å². The minimum absolute atomic E-state index is 0.465. The molecule has 1 heteroatoms. The summed E-state index contributed by atoms with van der Waals surface area (Å²) in [5.41, 5.74) is 5.88. The van der Waals surface area contributed by atoms with Crippen molar-refractivity contribution >= 4 is 11.9 Å². The van der Waals surface area contributed by atoms with E-state index in [-0.39, 0.29) is 0 Å². The molecule has 0 radical (unpaired) electrons. The molecule has 3 aromatic rings. The predicted molar refractivity (Wildman–Crippen MR) is 99.7 cm³/mol. The fraction of sp³-hybridized carbons (Fsp3) is 0.136. The molecule has 0 aliphatic carbocycles. The number of nitrogens with zero attached hydrogens (tertiary/aromatic N) is 1. The summed E-state index contributed by atoms with van der Waals surface area (Å²) < 4.78 is 0. The van der Waals surface area contributed by atoms with Gasteiger partial charge in [-0.3, -0.25) is 4.99 Å². The smallest absolute Gasteiger partial charge is 0.0664 e. The normalized spacial score (nSPS) is 11.3. The van der Waals surface area contributed by atoms with E-state index in [0.29, 0.717) is 5.92 Å². The zero-order valence-electron chi connectivity index (χ0n) is 13.6. The summed E-state index contributed by atoms with van der Waals surface area (Å²) in [5, 5.41) is 0. The maximum absolute atomic E-state index is 4.76. The summed E-state index contributed by atoms with van der Waals surface area (Å²) in [6.45, 7) is 4.40. The van der Waals surface area contributed by atoms with E-state index in [9.17, 15) is 0 Å². The van der Waals surface area contributed by atoms with Crippen LogP contribution in [0.4, 0.5) is 5.69 Å². The Morgan fingerprint density at radius 1 is 0.739 bits per heavy atom. The maximum atomic E-state index is 4.76. The largest absolute Gasteiger partial charge is 0.256 e. The molecule has 1 nitrogen and oxygen atoms in total. The lowest BCUT2D eigenvalue weighted by atomic mass is 10.00. The molecule has 0 bridgehead atoms. The molecule has 0 N–H and O–H groups in total. The van der Waals surface area contributed by atoms with Gasteiger partial charge in [0.15, 0.2) is 0 Å². The van der Waals surface area contributed by atoms with Crippen molar-refractivity contribution in [1.29, 1.82) is 0 Å². The Kier molecular flexibility index (Phi) is 4.68. The lowest BCUT2D eigenvalue weighted by Crippen LogP contribution is -1.90. The minimum atomic E-state index is 0.465. The van der Waals surface area contributed by atoms with Crippen molar-refractivity contribution in [1.82, 2.24) is 0 Å². The third kappa shape index (κ3) is 3.57. The average molecular weight is 299 g/mol. The van der Waals surface area contributed by atoms with Gasteiger partial charge in [0.05, 0.1) is 5.69 Å². The second-order valence-electron chi connectivity index (χ2n) is 5.92. The van der Waals surface area contributed by atoms with E-state index >= 15 is 0 Å². The molecule has 0 amide bonds. The fourth-order valence-electron chi connectivity index (χ4n) is 2.72. The predicted octanol–water partition coefficient (Wildman–Crippen LogP) is 6.23. The number of hydrogen-bond donors (Lipinski definition) is 0. The van der Waals surface area contributed by atoms with Crippen LogP contribution in [-0.2, 0) is 0 Å². The number of rotatable bonds is 4. The molecule has 23 heavy (non-hydrogen) atoms. The second-order valence-corrected chi connectivity index (χ2v) is 5.92. The van der Waals surface area contributed by atoms with E-state index in [1.807, 2.05) is 18.3 Å². The van der Waals surface area contributed by atoms with Crippen LogP contribution in [0, 0.1) is 0 Å². The molecule has 0 saturated carbocycles. The monoisotopic (exact) mass is 299 g/mol. The van der Waals surface area contributed by atoms with E-state index in [1.165, 1.54) is 16.7 Å². The van der Waals surface area contributed by atoms with Crippen LogP contribution in [0.2, 0.25) is 0 Å². The molecule has 0 atom stereocenters. The Morgan fingerprint density at radius 2 is 1.39 bits per heavy atom. The summed E-state index contributed by atoms with van der Waals surface area (Å²) >= 11 is 0. The first kappa shape index (κ1) is 15.2. The van der Waals surface area contributed by atoms with Gasteiger partial charge in [0.2, 0.25) is 0 Å². The van der Waals surface area contributed by atoms with Gasteiger partial charge in [-0.05, 0) is 28.7 Å². The maximum Gasteiger partial charge on any atom is 0.0664 e. The second kappa shape index (κ2) is 7.06. The molecule has 0 fully saturated rings. The van der Waals surface area contributed by atoms with Gasteiger partial charge in [0.25, 0.3) is 0 Å². The number of para-hydroxylation sites is 1. The van der Waals surface area contributed by atoms with E-state index in [1.54, 1.807) is 0 Å². The fourth-order valence-corrected chi connectivity index (χ4v) is 2.72. The van der Waals surface area contributed by atoms with Gasteiger partial charge in [-0.15, -0.1) is 0 Å². The first-order valence-corrected chi connectivity index (χ1v) is 8.03. The SMILES string of the molecule is CC(C)c1ccccc1N=Cc1ccccc1-c1ccccc1. The molecule has 0 aromatic heterocycles. The number of hydrogen-bond acceptors (Lipinski definition) is 1. The highest BCUT2D eigenvalue weighted by atomic mass is 14.7. The van der Waals surface area contributed by atoms with Crippen molar-refractivity contribution in [3.8, 4) is 11.1 Å². The Balaban J connectivity index is 1.99. The molecule has 3 aromatic carbocycles. The van der Waals surface area contributed by atoms with Crippen molar-refractivity contribution < 1.29 is 0 Å². The minimum Gasteiger partial charge on any atom is -0.256 e. The average Bonchev–Trinajstić information content (AvgIpc) is 2.61. The van der Waals surface area contributed by atoms with Crippen molar-refractivity contribution in [2.75, 3.05) is 0 Å². The highest BCUT2D eigenvalue weighted by molar-refractivity contribution is 5.91. The van der Waals surface area contributed by atoms with Gasteiger partial charge < -0.3 is 0 Å². The first-order chi connectivity index (χ1) is 11.3. The quantitative estimate of drug-likeness (QED) is 0.506. The summed E-state index contributed by atoms with van der Waals surface area (Å²) in [7, 11) is 0. The molecule has 0 heterocycles. The lowest BCUT2D eigenvalue weighted by Gasteiger charge is -2.09. The number of benzene rings is 3. The zero-order chi connectivity index (χ0) is 16.1. The molecule has 3 rings (SSSR count). The van der Waals surface area contributed by atoms with Gasteiger partial charge in [-0.1, -0.05) is 86.6 Å². The van der Waals surface area contributed by atoms with Gasteiger partial charge in [0, 0.05) is 11.8 Å². The summed E-state index contributed by atoms with van der Waals surface area (Å²) in [6.07, 6.45) is 1.98. The topological polar surface area (TPSA) is 12.4 Å². The Hall–Kier alpha value is -2.67. The van der Waals surface area contributed by atoms with Crippen LogP contribution < -0.4 is 0 Å². The Labute approximate surface area is 138 Å². The van der Waals surface area contributed by atoms with Crippen LogP contribution in [0.25, 0.3) is 11.1 Å². The lowest BCUT2D eigenvalue weighted by molar-refractivity contribution is 0.867. The molecule has 0 saturated heterocycles. The highest BCUT2D eigenvalue weighted by Gasteiger charge is 2.05. The molecule has 0 aliphatic heterocycles. The van der Waals surface area contributed by atoms with Crippen LogP contribution in [0.1, 0.15) is 30.9 Å².